The van der Waals surface area contributed by atoms with Crippen LogP contribution in [0.15, 0.2) is 34.9 Å². The van der Waals surface area contributed by atoms with Gasteiger partial charge in [-0.25, -0.2) is 0 Å². The average Bonchev–Trinajstić information content (AvgIpc) is 3.23. The van der Waals surface area contributed by atoms with Gasteiger partial charge in [-0.2, -0.15) is 0 Å². The number of ketones is 1. The molecule has 1 aromatic heterocycles. The largest absolute Gasteiger partial charge is 0.371 e. The zero-order valence-corrected chi connectivity index (χ0v) is 17.5. The number of hydrogen-bond donors (Lipinski definition) is 0. The highest BCUT2D eigenvalue weighted by Crippen LogP contribution is 2.47. The summed E-state index contributed by atoms with van der Waals surface area (Å²) in [6.07, 6.45) is 6.10. The van der Waals surface area contributed by atoms with Crippen LogP contribution in [0.4, 0.5) is 11.4 Å². The van der Waals surface area contributed by atoms with Gasteiger partial charge >= 0.3 is 0 Å². The predicted octanol–water partition coefficient (Wildman–Crippen LogP) is 5.27. The minimum absolute atomic E-state index is 0.102. The summed E-state index contributed by atoms with van der Waals surface area (Å²) in [7, 11) is 0. The minimum Gasteiger partial charge on any atom is -0.371 e. The summed E-state index contributed by atoms with van der Waals surface area (Å²) >= 11 is 0. The Kier molecular flexibility index (Phi) is 4.12. The van der Waals surface area contributed by atoms with Crippen molar-refractivity contribution < 1.29 is 9.32 Å². The van der Waals surface area contributed by atoms with Crippen LogP contribution in [-0.2, 0) is 0 Å². The van der Waals surface area contributed by atoms with E-state index in [9.17, 15) is 4.79 Å². The minimum atomic E-state index is 0.102. The number of benzene rings is 2. The number of piperidine rings is 2. The maximum atomic E-state index is 13.7. The summed E-state index contributed by atoms with van der Waals surface area (Å²) in [6.45, 7) is 6.38. The lowest BCUT2D eigenvalue weighted by Gasteiger charge is -2.36. The summed E-state index contributed by atoms with van der Waals surface area (Å²) in [5.74, 6) is 1.48. The summed E-state index contributed by atoms with van der Waals surface area (Å²) in [6, 6.07) is 10.0. The molecule has 30 heavy (non-hydrogen) atoms. The number of aromatic nitrogens is 1. The molecule has 5 heteroatoms. The molecule has 1 atom stereocenters. The van der Waals surface area contributed by atoms with Crippen LogP contribution in [0.5, 0.6) is 0 Å². The van der Waals surface area contributed by atoms with E-state index in [2.05, 4.69) is 27.9 Å². The van der Waals surface area contributed by atoms with Gasteiger partial charge in [0.15, 0.2) is 11.5 Å². The normalized spacial score (nSPS) is 21.2. The van der Waals surface area contributed by atoms with Crippen molar-refractivity contribution in [2.75, 3.05) is 36.0 Å². The number of nitrogens with zero attached hydrogens (tertiary/aromatic N) is 3. The molecule has 2 fully saturated rings. The maximum Gasteiger partial charge on any atom is 0.196 e. The van der Waals surface area contributed by atoms with Gasteiger partial charge < -0.3 is 14.3 Å². The van der Waals surface area contributed by atoms with E-state index in [1.165, 1.54) is 32.1 Å². The Labute approximate surface area is 176 Å². The Hall–Kier alpha value is -2.82. The first kappa shape index (κ1) is 18.0. The number of carbonyl (C=O) groups is 1. The van der Waals surface area contributed by atoms with Gasteiger partial charge in [0.05, 0.1) is 22.3 Å². The van der Waals surface area contributed by atoms with Gasteiger partial charge in [-0.1, -0.05) is 36.3 Å². The second-order valence-electron chi connectivity index (χ2n) is 9.14. The van der Waals surface area contributed by atoms with E-state index in [1.807, 2.05) is 24.3 Å². The lowest BCUT2D eigenvalue weighted by atomic mass is 9.85. The fourth-order valence-corrected chi connectivity index (χ4v) is 5.56. The van der Waals surface area contributed by atoms with Gasteiger partial charge in [-0.15, -0.1) is 0 Å². The third-order valence-electron chi connectivity index (χ3n) is 7.05. The van der Waals surface area contributed by atoms with Crippen LogP contribution in [0.1, 0.15) is 54.9 Å². The molecule has 0 saturated carbocycles. The molecule has 0 spiro atoms. The Morgan fingerprint density at radius 1 is 0.967 bits per heavy atom. The molecule has 5 nitrogen and oxygen atoms in total. The van der Waals surface area contributed by atoms with E-state index < -0.39 is 0 Å². The van der Waals surface area contributed by atoms with Crippen molar-refractivity contribution in [3.8, 4) is 11.3 Å². The smallest absolute Gasteiger partial charge is 0.196 e. The highest BCUT2D eigenvalue weighted by Gasteiger charge is 2.35. The van der Waals surface area contributed by atoms with Gasteiger partial charge in [0.25, 0.3) is 0 Å². The molecular weight excluding hydrogens is 374 g/mol. The van der Waals surface area contributed by atoms with Crippen LogP contribution in [0.2, 0.25) is 0 Å². The average molecular weight is 402 g/mol. The van der Waals surface area contributed by atoms with Crippen molar-refractivity contribution in [2.24, 2.45) is 5.92 Å². The van der Waals surface area contributed by atoms with Crippen molar-refractivity contribution in [3.63, 3.8) is 0 Å². The number of fused-ring (bicyclic) bond motifs is 2. The first-order chi connectivity index (χ1) is 14.7. The van der Waals surface area contributed by atoms with Crippen molar-refractivity contribution in [3.05, 3.63) is 41.5 Å². The van der Waals surface area contributed by atoms with Gasteiger partial charge in [-0.3, -0.25) is 4.79 Å². The van der Waals surface area contributed by atoms with Gasteiger partial charge in [0.1, 0.15) is 5.52 Å². The van der Waals surface area contributed by atoms with E-state index in [0.29, 0.717) is 5.92 Å². The second-order valence-corrected chi connectivity index (χ2v) is 9.14. The topological polar surface area (TPSA) is 49.6 Å². The van der Waals surface area contributed by atoms with Crippen LogP contribution in [0, 0.1) is 5.92 Å². The molecule has 3 heterocycles. The molecule has 0 radical (unpaired) electrons. The summed E-state index contributed by atoms with van der Waals surface area (Å²) in [4.78, 5) is 18.6. The van der Waals surface area contributed by atoms with Crippen LogP contribution in [0.3, 0.4) is 0 Å². The van der Waals surface area contributed by atoms with E-state index >= 15 is 0 Å². The Bertz CT molecular complexity index is 1140. The predicted molar refractivity (Wildman–Crippen MR) is 120 cm³/mol. The van der Waals surface area contributed by atoms with E-state index in [4.69, 9.17) is 4.52 Å². The van der Waals surface area contributed by atoms with Crippen molar-refractivity contribution in [2.45, 2.75) is 39.0 Å². The molecule has 3 aromatic rings. The molecule has 6 rings (SSSR count). The SMILES string of the molecule is C[C@@H]1CCCN(c2cc(N3CCCCC3)c3noc4c3c2C(=O)c2ccccc2-4)C1. The molecule has 2 aromatic carbocycles. The highest BCUT2D eigenvalue weighted by atomic mass is 16.5. The number of hydrogen-bond acceptors (Lipinski definition) is 5. The van der Waals surface area contributed by atoms with Gasteiger partial charge in [0.2, 0.25) is 0 Å². The van der Waals surface area contributed by atoms with Crippen molar-refractivity contribution in [1.29, 1.82) is 0 Å². The molecule has 0 bridgehead atoms. The quantitative estimate of drug-likeness (QED) is 0.458. The molecule has 1 aliphatic carbocycles. The highest BCUT2D eigenvalue weighted by molar-refractivity contribution is 6.28. The Morgan fingerprint density at radius 2 is 1.73 bits per heavy atom. The van der Waals surface area contributed by atoms with Gasteiger partial charge in [-0.05, 0) is 44.1 Å². The fourth-order valence-electron chi connectivity index (χ4n) is 5.56. The monoisotopic (exact) mass is 401 g/mol. The van der Waals surface area contributed by atoms with E-state index in [1.54, 1.807) is 0 Å². The molecule has 3 aliphatic rings. The molecule has 2 saturated heterocycles. The number of anilines is 2. The van der Waals surface area contributed by atoms with Gasteiger partial charge in [0, 0.05) is 37.3 Å². The molecule has 154 valence electrons. The molecule has 0 amide bonds. The summed E-state index contributed by atoms with van der Waals surface area (Å²) < 4.78 is 5.92. The number of rotatable bonds is 2. The van der Waals surface area contributed by atoms with Crippen molar-refractivity contribution >= 4 is 28.1 Å². The van der Waals surface area contributed by atoms with Crippen LogP contribution >= 0.6 is 0 Å². The molecular formula is C25H27N3O2. The standard InChI is InChI=1S/C25H27N3O2/c1-16-8-7-13-28(15-16)19-14-20(27-11-5-2-6-12-27)23-22-21(19)24(29)17-9-3-4-10-18(17)25(22)30-26-23/h3-4,9-10,14,16H,2,5-8,11-13,15H2,1H3/t16-/m1/s1. The molecule has 0 N–H and O–H groups in total. The third-order valence-corrected chi connectivity index (χ3v) is 7.05. The second kappa shape index (κ2) is 6.86. The molecule has 2 aliphatic heterocycles. The van der Waals surface area contributed by atoms with E-state index in [-0.39, 0.29) is 5.78 Å². The zero-order valence-electron chi connectivity index (χ0n) is 17.5. The third kappa shape index (κ3) is 2.60. The first-order valence-electron chi connectivity index (χ1n) is 11.3. The first-order valence-corrected chi connectivity index (χ1v) is 11.3. The number of carbonyl (C=O) groups excluding carboxylic acids is 1. The lowest BCUT2D eigenvalue weighted by Crippen LogP contribution is -2.36. The molecule has 0 unspecified atom stereocenters. The van der Waals surface area contributed by atoms with Crippen LogP contribution in [0.25, 0.3) is 22.2 Å². The fraction of sp³-hybridized carbons (Fsp3) is 0.440. The Balaban J connectivity index is 1.63. The van der Waals surface area contributed by atoms with Crippen LogP contribution < -0.4 is 9.80 Å². The van der Waals surface area contributed by atoms with Crippen LogP contribution in [-0.4, -0.2) is 37.1 Å². The summed E-state index contributed by atoms with van der Waals surface area (Å²) in [5.41, 5.74) is 5.42. The lowest BCUT2D eigenvalue weighted by molar-refractivity contribution is 0.104. The zero-order chi connectivity index (χ0) is 20.2. The van der Waals surface area contributed by atoms with Crippen molar-refractivity contribution in [1.82, 2.24) is 5.16 Å². The maximum absolute atomic E-state index is 13.7. The Morgan fingerprint density at radius 3 is 2.53 bits per heavy atom. The van der Waals surface area contributed by atoms with E-state index in [0.717, 1.165) is 70.9 Å². The summed E-state index contributed by atoms with van der Waals surface area (Å²) in [5, 5.41) is 5.42.